The van der Waals surface area contributed by atoms with Crippen molar-refractivity contribution in [3.05, 3.63) is 35.4 Å². The van der Waals surface area contributed by atoms with E-state index in [1.807, 2.05) is 24.3 Å². The SMILES string of the molecule is C[C@@H](O)CN1CCCc2ccccc2C1=O. The van der Waals surface area contributed by atoms with Crippen molar-refractivity contribution in [2.75, 3.05) is 13.1 Å². The van der Waals surface area contributed by atoms with Gasteiger partial charge in [-0.25, -0.2) is 0 Å². The highest BCUT2D eigenvalue weighted by Gasteiger charge is 2.22. The third kappa shape index (κ3) is 2.25. The van der Waals surface area contributed by atoms with Crippen molar-refractivity contribution in [3.8, 4) is 0 Å². The number of amides is 1. The number of rotatable bonds is 2. The molecule has 0 unspecified atom stereocenters. The Kier molecular flexibility index (Phi) is 3.25. The number of nitrogens with zero attached hydrogens (tertiary/aromatic N) is 1. The second-order valence-electron chi connectivity index (χ2n) is 4.36. The molecule has 1 aromatic rings. The molecular formula is C13H17NO2. The molecule has 0 saturated heterocycles. The summed E-state index contributed by atoms with van der Waals surface area (Å²) in [5.41, 5.74) is 1.92. The van der Waals surface area contributed by atoms with E-state index in [2.05, 4.69) is 0 Å². The Labute approximate surface area is 95.7 Å². The predicted octanol–water partition coefficient (Wildman–Crippen LogP) is 1.46. The van der Waals surface area contributed by atoms with Gasteiger partial charge in [-0.2, -0.15) is 0 Å². The van der Waals surface area contributed by atoms with Gasteiger partial charge in [-0.05, 0) is 31.4 Å². The molecule has 1 amide bonds. The van der Waals surface area contributed by atoms with Crippen LogP contribution in [-0.4, -0.2) is 35.1 Å². The fraction of sp³-hybridized carbons (Fsp3) is 0.462. The summed E-state index contributed by atoms with van der Waals surface area (Å²) in [5.74, 6) is 0.0500. The van der Waals surface area contributed by atoms with Crippen LogP contribution in [0.2, 0.25) is 0 Å². The first-order valence-corrected chi connectivity index (χ1v) is 5.73. The quantitative estimate of drug-likeness (QED) is 0.818. The normalized spacial score (nSPS) is 17.9. The summed E-state index contributed by atoms with van der Waals surface area (Å²) in [6.45, 7) is 2.87. The van der Waals surface area contributed by atoms with Gasteiger partial charge < -0.3 is 10.0 Å². The van der Waals surface area contributed by atoms with Gasteiger partial charge in [0.15, 0.2) is 0 Å². The summed E-state index contributed by atoms with van der Waals surface area (Å²) in [5, 5.41) is 9.37. The highest BCUT2D eigenvalue weighted by molar-refractivity contribution is 5.96. The minimum atomic E-state index is -0.464. The van der Waals surface area contributed by atoms with Gasteiger partial charge in [0, 0.05) is 18.7 Å². The van der Waals surface area contributed by atoms with Crippen LogP contribution < -0.4 is 0 Å². The van der Waals surface area contributed by atoms with Crippen molar-refractivity contribution in [1.29, 1.82) is 0 Å². The standard InChI is InChI=1S/C13H17NO2/c1-10(15)9-14-8-4-6-11-5-2-3-7-12(11)13(14)16/h2-3,5,7,10,15H,4,6,8-9H2,1H3/t10-/m1/s1. The van der Waals surface area contributed by atoms with E-state index in [1.165, 1.54) is 0 Å². The van der Waals surface area contributed by atoms with Crippen LogP contribution in [0.15, 0.2) is 24.3 Å². The van der Waals surface area contributed by atoms with Gasteiger partial charge in [0.2, 0.25) is 0 Å². The fourth-order valence-corrected chi connectivity index (χ4v) is 2.17. The van der Waals surface area contributed by atoms with Gasteiger partial charge in [-0.3, -0.25) is 4.79 Å². The molecular weight excluding hydrogens is 202 g/mol. The molecule has 2 rings (SSSR count). The lowest BCUT2D eigenvalue weighted by Crippen LogP contribution is -2.36. The zero-order valence-corrected chi connectivity index (χ0v) is 9.52. The zero-order chi connectivity index (χ0) is 11.5. The lowest BCUT2D eigenvalue weighted by atomic mass is 10.0. The molecule has 1 aliphatic heterocycles. The Morgan fingerprint density at radius 1 is 1.44 bits per heavy atom. The van der Waals surface area contributed by atoms with Crippen LogP contribution in [-0.2, 0) is 6.42 Å². The second-order valence-corrected chi connectivity index (χ2v) is 4.36. The smallest absolute Gasteiger partial charge is 0.254 e. The summed E-state index contributed by atoms with van der Waals surface area (Å²) in [7, 11) is 0. The Balaban J connectivity index is 2.26. The van der Waals surface area contributed by atoms with Gasteiger partial charge in [-0.1, -0.05) is 18.2 Å². The molecule has 3 heteroatoms. The second kappa shape index (κ2) is 4.66. The van der Waals surface area contributed by atoms with E-state index < -0.39 is 6.10 Å². The van der Waals surface area contributed by atoms with Crippen LogP contribution in [0.25, 0.3) is 0 Å². The first-order valence-electron chi connectivity index (χ1n) is 5.73. The minimum Gasteiger partial charge on any atom is -0.392 e. The van der Waals surface area contributed by atoms with Crippen molar-refractivity contribution in [3.63, 3.8) is 0 Å². The van der Waals surface area contributed by atoms with Crippen LogP contribution in [0, 0.1) is 0 Å². The lowest BCUT2D eigenvalue weighted by molar-refractivity contribution is 0.0654. The summed E-state index contributed by atoms with van der Waals surface area (Å²) in [4.78, 5) is 13.9. The number of hydrogen-bond donors (Lipinski definition) is 1. The largest absolute Gasteiger partial charge is 0.392 e. The molecule has 0 bridgehead atoms. The monoisotopic (exact) mass is 219 g/mol. The number of β-amino-alcohol motifs (C(OH)–C–C–N with tert-alkyl or cyclic N) is 1. The van der Waals surface area contributed by atoms with E-state index in [-0.39, 0.29) is 5.91 Å². The molecule has 0 aromatic heterocycles. The van der Waals surface area contributed by atoms with Crippen molar-refractivity contribution in [1.82, 2.24) is 4.90 Å². The van der Waals surface area contributed by atoms with Crippen molar-refractivity contribution < 1.29 is 9.90 Å². The van der Waals surface area contributed by atoms with Gasteiger partial charge in [0.25, 0.3) is 5.91 Å². The van der Waals surface area contributed by atoms with Crippen molar-refractivity contribution in [2.24, 2.45) is 0 Å². The summed E-state index contributed by atoms with van der Waals surface area (Å²) < 4.78 is 0. The van der Waals surface area contributed by atoms with Crippen molar-refractivity contribution in [2.45, 2.75) is 25.9 Å². The van der Waals surface area contributed by atoms with Gasteiger partial charge in [-0.15, -0.1) is 0 Å². The Hall–Kier alpha value is -1.35. The summed E-state index contributed by atoms with van der Waals surface area (Å²) >= 11 is 0. The molecule has 0 spiro atoms. The summed E-state index contributed by atoms with van der Waals surface area (Å²) in [6.07, 6.45) is 1.45. The Bertz CT molecular complexity index is 387. The van der Waals surface area contributed by atoms with Gasteiger partial charge in [0.1, 0.15) is 0 Å². The van der Waals surface area contributed by atoms with E-state index in [0.717, 1.165) is 30.5 Å². The molecule has 1 aromatic carbocycles. The van der Waals surface area contributed by atoms with E-state index in [9.17, 15) is 9.90 Å². The summed E-state index contributed by atoms with van der Waals surface area (Å²) in [6, 6.07) is 7.75. The molecule has 0 radical (unpaired) electrons. The minimum absolute atomic E-state index is 0.0500. The number of aryl methyl sites for hydroxylation is 1. The molecule has 1 atom stereocenters. The topological polar surface area (TPSA) is 40.5 Å². The number of benzene rings is 1. The predicted molar refractivity (Wildman–Crippen MR) is 62.3 cm³/mol. The van der Waals surface area contributed by atoms with Crippen LogP contribution in [0.1, 0.15) is 29.3 Å². The molecule has 16 heavy (non-hydrogen) atoms. The third-order valence-corrected chi connectivity index (χ3v) is 2.89. The Morgan fingerprint density at radius 2 is 2.19 bits per heavy atom. The lowest BCUT2D eigenvalue weighted by Gasteiger charge is -2.22. The van der Waals surface area contributed by atoms with E-state index in [0.29, 0.717) is 6.54 Å². The highest BCUT2D eigenvalue weighted by Crippen LogP contribution is 2.18. The first kappa shape index (κ1) is 11.1. The molecule has 0 aliphatic carbocycles. The Morgan fingerprint density at radius 3 is 2.94 bits per heavy atom. The third-order valence-electron chi connectivity index (χ3n) is 2.89. The van der Waals surface area contributed by atoms with Crippen LogP contribution in [0.3, 0.4) is 0 Å². The molecule has 0 saturated carbocycles. The average molecular weight is 219 g/mol. The zero-order valence-electron chi connectivity index (χ0n) is 9.52. The molecule has 86 valence electrons. The number of fused-ring (bicyclic) bond motifs is 1. The van der Waals surface area contributed by atoms with E-state index in [1.54, 1.807) is 11.8 Å². The van der Waals surface area contributed by atoms with Gasteiger partial charge in [0.05, 0.1) is 6.10 Å². The highest BCUT2D eigenvalue weighted by atomic mass is 16.3. The number of aliphatic hydroxyl groups is 1. The molecule has 1 N–H and O–H groups in total. The molecule has 1 aliphatic rings. The number of hydrogen-bond acceptors (Lipinski definition) is 2. The van der Waals surface area contributed by atoms with Crippen molar-refractivity contribution >= 4 is 5.91 Å². The van der Waals surface area contributed by atoms with Crippen LogP contribution >= 0.6 is 0 Å². The number of carbonyl (C=O) groups excluding carboxylic acids is 1. The maximum atomic E-state index is 12.2. The maximum absolute atomic E-state index is 12.2. The van der Waals surface area contributed by atoms with E-state index >= 15 is 0 Å². The maximum Gasteiger partial charge on any atom is 0.254 e. The number of aliphatic hydroxyl groups excluding tert-OH is 1. The van der Waals surface area contributed by atoms with Gasteiger partial charge >= 0.3 is 0 Å². The first-order chi connectivity index (χ1) is 7.68. The van der Waals surface area contributed by atoms with E-state index in [4.69, 9.17) is 0 Å². The molecule has 1 heterocycles. The molecule has 0 fully saturated rings. The fourth-order valence-electron chi connectivity index (χ4n) is 2.17. The average Bonchev–Trinajstić information content (AvgIpc) is 2.40. The van der Waals surface area contributed by atoms with Crippen LogP contribution in [0.5, 0.6) is 0 Å². The van der Waals surface area contributed by atoms with Crippen LogP contribution in [0.4, 0.5) is 0 Å². The number of carbonyl (C=O) groups is 1. The molecule has 3 nitrogen and oxygen atoms in total.